The van der Waals surface area contributed by atoms with Gasteiger partial charge < -0.3 is 5.32 Å². The molecule has 0 aliphatic carbocycles. The third kappa shape index (κ3) is 3.81. The molecular formula is C12H9F4N3OS. The summed E-state index contributed by atoms with van der Waals surface area (Å²) in [5.41, 5.74) is -1.41. The van der Waals surface area contributed by atoms with Crippen LogP contribution in [0.1, 0.15) is 16.7 Å². The van der Waals surface area contributed by atoms with Crippen molar-refractivity contribution in [2.75, 3.05) is 5.75 Å². The highest BCUT2D eigenvalue weighted by atomic mass is 32.2. The van der Waals surface area contributed by atoms with E-state index in [1.807, 2.05) is 0 Å². The van der Waals surface area contributed by atoms with Crippen LogP contribution in [0.5, 0.6) is 0 Å². The molecule has 1 aliphatic rings. The van der Waals surface area contributed by atoms with Crippen LogP contribution >= 0.6 is 11.8 Å². The lowest BCUT2D eigenvalue weighted by Crippen LogP contribution is -2.19. The molecule has 1 fully saturated rings. The zero-order valence-electron chi connectivity index (χ0n) is 10.7. The molecule has 0 unspecified atom stereocenters. The number of benzene rings is 1. The molecule has 1 N–H and O–H groups in total. The van der Waals surface area contributed by atoms with Crippen molar-refractivity contribution < 1.29 is 22.4 Å². The summed E-state index contributed by atoms with van der Waals surface area (Å²) in [4.78, 5) is 10.9. The van der Waals surface area contributed by atoms with Gasteiger partial charge in [-0.2, -0.15) is 18.3 Å². The second-order valence-electron chi connectivity index (χ2n) is 4.18. The molecule has 1 amide bonds. The number of thioether (sulfide) groups is 1. The summed E-state index contributed by atoms with van der Waals surface area (Å²) >= 11 is 1.13. The minimum absolute atomic E-state index is 0.0694. The van der Waals surface area contributed by atoms with E-state index in [1.54, 1.807) is 0 Å². The number of carbonyl (C=O) groups excluding carboxylic acids is 1. The number of hydrogen-bond donors (Lipinski definition) is 1. The number of hydrogen-bond acceptors (Lipinski definition) is 4. The molecule has 1 aromatic rings. The van der Waals surface area contributed by atoms with E-state index in [-0.39, 0.29) is 28.0 Å². The van der Waals surface area contributed by atoms with Crippen molar-refractivity contribution in [3.8, 4) is 0 Å². The number of nitrogens with one attached hydrogen (secondary N) is 1. The number of nitrogens with zero attached hydrogens (tertiary/aromatic N) is 2. The minimum atomic E-state index is -4.78. The fourth-order valence-electron chi connectivity index (χ4n) is 1.61. The summed E-state index contributed by atoms with van der Waals surface area (Å²) < 4.78 is 51.4. The van der Waals surface area contributed by atoms with Crippen LogP contribution < -0.4 is 5.32 Å². The van der Waals surface area contributed by atoms with Crippen LogP contribution in [0.2, 0.25) is 0 Å². The van der Waals surface area contributed by atoms with E-state index in [0.29, 0.717) is 6.07 Å². The summed E-state index contributed by atoms with van der Waals surface area (Å²) in [6.07, 6.45) is -3.71. The predicted octanol–water partition coefficient (Wildman–Crippen LogP) is 2.71. The Hall–Kier alpha value is -1.90. The second-order valence-corrected chi connectivity index (χ2v) is 5.15. The standard InChI is InChI=1S/C12H9F4N3OS/c1-6-2-7(3-8(10(6)13)12(14,15)16)4-17-19-11-18-9(20)5-21-11/h2-4H,5H2,1H3,(H,18,19,20). The van der Waals surface area contributed by atoms with Gasteiger partial charge in [-0.3, -0.25) is 4.79 Å². The summed E-state index contributed by atoms with van der Waals surface area (Å²) in [6.45, 7) is 1.24. The molecule has 21 heavy (non-hydrogen) atoms. The summed E-state index contributed by atoms with van der Waals surface area (Å²) in [5.74, 6) is -1.29. The molecule has 0 saturated carbocycles. The van der Waals surface area contributed by atoms with Crippen molar-refractivity contribution in [2.45, 2.75) is 13.1 Å². The van der Waals surface area contributed by atoms with Crippen LogP contribution in [-0.2, 0) is 11.0 Å². The van der Waals surface area contributed by atoms with E-state index in [1.165, 1.54) is 13.0 Å². The smallest absolute Gasteiger partial charge is 0.303 e. The van der Waals surface area contributed by atoms with E-state index < -0.39 is 17.6 Å². The van der Waals surface area contributed by atoms with Crippen molar-refractivity contribution in [1.82, 2.24) is 5.32 Å². The number of amidine groups is 1. The SMILES string of the molecule is Cc1cc(C=NN=C2NC(=O)CS2)cc(C(F)(F)F)c1F. The normalized spacial score (nSPS) is 17.8. The molecule has 2 rings (SSSR count). The molecule has 1 aromatic carbocycles. The van der Waals surface area contributed by atoms with Crippen molar-refractivity contribution in [2.24, 2.45) is 10.2 Å². The molecule has 1 saturated heterocycles. The Labute approximate surface area is 121 Å². The molecule has 1 aliphatic heterocycles. The first-order valence-electron chi connectivity index (χ1n) is 5.68. The topological polar surface area (TPSA) is 53.8 Å². The van der Waals surface area contributed by atoms with Crippen molar-refractivity contribution in [1.29, 1.82) is 0 Å². The number of rotatable bonds is 2. The van der Waals surface area contributed by atoms with Gasteiger partial charge in [0.05, 0.1) is 17.5 Å². The molecule has 0 aromatic heterocycles. The maximum Gasteiger partial charge on any atom is 0.419 e. The fraction of sp³-hybridized carbons (Fsp3) is 0.250. The van der Waals surface area contributed by atoms with Crippen LogP contribution in [-0.4, -0.2) is 23.0 Å². The molecule has 9 heteroatoms. The lowest BCUT2D eigenvalue weighted by atomic mass is 10.1. The second kappa shape index (κ2) is 5.84. The van der Waals surface area contributed by atoms with Gasteiger partial charge in [0.25, 0.3) is 0 Å². The van der Waals surface area contributed by atoms with E-state index in [0.717, 1.165) is 18.0 Å². The van der Waals surface area contributed by atoms with E-state index >= 15 is 0 Å². The average Bonchev–Trinajstić information content (AvgIpc) is 2.78. The lowest BCUT2D eigenvalue weighted by Gasteiger charge is -2.10. The summed E-state index contributed by atoms with van der Waals surface area (Å²) in [5, 5.41) is 9.93. The predicted molar refractivity (Wildman–Crippen MR) is 71.8 cm³/mol. The number of halogens is 4. The van der Waals surface area contributed by atoms with E-state index in [4.69, 9.17) is 0 Å². The molecular weight excluding hydrogens is 310 g/mol. The van der Waals surface area contributed by atoms with Crippen LogP contribution in [0.4, 0.5) is 17.6 Å². The highest BCUT2D eigenvalue weighted by Crippen LogP contribution is 2.33. The first-order valence-corrected chi connectivity index (χ1v) is 6.67. The Kier molecular flexibility index (Phi) is 4.31. The highest BCUT2D eigenvalue weighted by Gasteiger charge is 2.34. The zero-order chi connectivity index (χ0) is 15.6. The molecule has 0 spiro atoms. The number of carbonyl (C=O) groups is 1. The number of amides is 1. The molecule has 0 bridgehead atoms. The number of aryl methyl sites for hydroxylation is 1. The average molecular weight is 319 g/mol. The van der Waals surface area contributed by atoms with Crippen molar-refractivity contribution in [3.05, 3.63) is 34.6 Å². The Morgan fingerprint density at radius 1 is 1.38 bits per heavy atom. The first-order chi connectivity index (χ1) is 9.77. The summed E-state index contributed by atoms with van der Waals surface area (Å²) in [6, 6.07) is 1.89. The Morgan fingerprint density at radius 2 is 2.10 bits per heavy atom. The van der Waals surface area contributed by atoms with Gasteiger partial charge in [0.15, 0.2) is 5.17 Å². The maximum absolute atomic E-state index is 13.4. The molecule has 4 nitrogen and oxygen atoms in total. The minimum Gasteiger partial charge on any atom is -0.303 e. The lowest BCUT2D eigenvalue weighted by molar-refractivity contribution is -0.140. The van der Waals surface area contributed by atoms with Gasteiger partial charge >= 0.3 is 6.18 Å². The molecule has 112 valence electrons. The monoisotopic (exact) mass is 319 g/mol. The van der Waals surface area contributed by atoms with E-state index in [2.05, 4.69) is 15.5 Å². The molecule has 1 heterocycles. The van der Waals surface area contributed by atoms with Gasteiger partial charge in [-0.05, 0) is 30.2 Å². The van der Waals surface area contributed by atoms with Gasteiger partial charge in [0, 0.05) is 0 Å². The van der Waals surface area contributed by atoms with Gasteiger partial charge in [-0.15, -0.1) is 5.10 Å². The number of alkyl halides is 3. The van der Waals surface area contributed by atoms with Gasteiger partial charge in [-0.1, -0.05) is 11.8 Å². The molecule has 0 atom stereocenters. The zero-order valence-corrected chi connectivity index (χ0v) is 11.5. The fourth-order valence-corrected chi connectivity index (χ4v) is 2.24. The first kappa shape index (κ1) is 15.5. The van der Waals surface area contributed by atoms with Gasteiger partial charge in [-0.25, -0.2) is 4.39 Å². The Bertz CT molecular complexity index is 640. The van der Waals surface area contributed by atoms with Crippen LogP contribution in [0, 0.1) is 12.7 Å². The van der Waals surface area contributed by atoms with Crippen LogP contribution in [0.3, 0.4) is 0 Å². The quantitative estimate of drug-likeness (QED) is 0.518. The Balaban J connectivity index is 2.25. The Morgan fingerprint density at radius 3 is 2.67 bits per heavy atom. The molecule has 0 radical (unpaired) electrons. The van der Waals surface area contributed by atoms with E-state index in [9.17, 15) is 22.4 Å². The van der Waals surface area contributed by atoms with Gasteiger partial charge in [0.1, 0.15) is 5.82 Å². The third-order valence-corrected chi connectivity index (χ3v) is 3.39. The summed E-state index contributed by atoms with van der Waals surface area (Å²) in [7, 11) is 0. The maximum atomic E-state index is 13.4. The third-order valence-electron chi connectivity index (χ3n) is 2.52. The van der Waals surface area contributed by atoms with Crippen LogP contribution in [0.15, 0.2) is 22.3 Å². The highest BCUT2D eigenvalue weighted by molar-refractivity contribution is 8.15. The van der Waals surface area contributed by atoms with Crippen molar-refractivity contribution in [3.63, 3.8) is 0 Å². The van der Waals surface area contributed by atoms with Gasteiger partial charge in [0.2, 0.25) is 5.91 Å². The largest absolute Gasteiger partial charge is 0.419 e. The van der Waals surface area contributed by atoms with Crippen molar-refractivity contribution >= 4 is 29.1 Å². The van der Waals surface area contributed by atoms with Crippen LogP contribution in [0.25, 0.3) is 0 Å².